The van der Waals surface area contributed by atoms with Crippen LogP contribution in [0.5, 0.6) is 0 Å². The molecule has 0 unspecified atom stereocenters. The summed E-state index contributed by atoms with van der Waals surface area (Å²) < 4.78 is 11.1. The van der Waals surface area contributed by atoms with Crippen LogP contribution < -0.4 is 5.32 Å². The van der Waals surface area contributed by atoms with Crippen LogP contribution in [0, 0.1) is 5.41 Å². The Labute approximate surface area is 142 Å². The second-order valence-corrected chi connectivity index (χ2v) is 7.34. The van der Waals surface area contributed by atoms with Crippen LogP contribution >= 0.6 is 0 Å². The van der Waals surface area contributed by atoms with E-state index in [-0.39, 0.29) is 5.54 Å². The molecule has 0 atom stereocenters. The van der Waals surface area contributed by atoms with E-state index < -0.39 is 0 Å². The Morgan fingerprint density at radius 3 is 2.22 bits per heavy atom. The number of rotatable bonds is 10. The highest BCUT2D eigenvalue weighted by molar-refractivity contribution is 5.82. The standard InChI is InChI=1S/C18H37N3O2/c1-7-9-11-22-13-14-23-12-10-20-16(19-8-2)21-15-17(3,4)18(21,5)6/h7-15H2,1-6H3,(H,19,20). The first-order chi connectivity index (χ1) is 10.9. The molecule has 0 spiro atoms. The van der Waals surface area contributed by atoms with Crippen LogP contribution in [0.2, 0.25) is 0 Å². The lowest BCUT2D eigenvalue weighted by Gasteiger charge is -2.62. The molecule has 0 aromatic heterocycles. The fourth-order valence-electron chi connectivity index (χ4n) is 2.58. The van der Waals surface area contributed by atoms with Gasteiger partial charge in [-0.05, 0) is 27.2 Å². The van der Waals surface area contributed by atoms with Crippen LogP contribution in [0.3, 0.4) is 0 Å². The van der Waals surface area contributed by atoms with Crippen molar-refractivity contribution < 1.29 is 9.47 Å². The SMILES string of the molecule is CCCCOCCOCCN=C(NCC)N1CC(C)(C)C1(C)C. The van der Waals surface area contributed by atoms with Crippen molar-refractivity contribution in [3.63, 3.8) is 0 Å². The summed E-state index contributed by atoms with van der Waals surface area (Å²) >= 11 is 0. The molecule has 5 nitrogen and oxygen atoms in total. The largest absolute Gasteiger partial charge is 0.379 e. The number of guanidine groups is 1. The Hall–Kier alpha value is -0.810. The number of nitrogens with one attached hydrogen (secondary N) is 1. The van der Waals surface area contributed by atoms with E-state index in [1.807, 2.05) is 0 Å². The molecule has 0 radical (unpaired) electrons. The van der Waals surface area contributed by atoms with Gasteiger partial charge >= 0.3 is 0 Å². The first-order valence-corrected chi connectivity index (χ1v) is 9.08. The summed E-state index contributed by atoms with van der Waals surface area (Å²) in [7, 11) is 0. The van der Waals surface area contributed by atoms with Gasteiger partial charge in [-0.15, -0.1) is 0 Å². The third-order valence-electron chi connectivity index (χ3n) is 4.99. The van der Waals surface area contributed by atoms with Gasteiger partial charge in [-0.1, -0.05) is 27.2 Å². The fourth-order valence-corrected chi connectivity index (χ4v) is 2.58. The fraction of sp³-hybridized carbons (Fsp3) is 0.944. The molecule has 0 aliphatic carbocycles. The van der Waals surface area contributed by atoms with Crippen molar-refractivity contribution in [3.8, 4) is 0 Å². The molecule has 1 fully saturated rings. The maximum atomic E-state index is 5.59. The predicted molar refractivity (Wildman–Crippen MR) is 97.1 cm³/mol. The Kier molecular flexibility index (Phi) is 8.34. The molecule has 0 bridgehead atoms. The van der Waals surface area contributed by atoms with Crippen molar-refractivity contribution in [2.45, 2.75) is 59.9 Å². The van der Waals surface area contributed by atoms with E-state index in [0.717, 1.165) is 32.1 Å². The van der Waals surface area contributed by atoms with E-state index in [1.165, 1.54) is 6.42 Å². The zero-order valence-electron chi connectivity index (χ0n) is 16.1. The Morgan fingerprint density at radius 2 is 1.70 bits per heavy atom. The van der Waals surface area contributed by atoms with Crippen LogP contribution in [0.1, 0.15) is 54.4 Å². The molecule has 0 amide bonds. The first kappa shape index (κ1) is 20.2. The minimum absolute atomic E-state index is 0.127. The van der Waals surface area contributed by atoms with Gasteiger partial charge < -0.3 is 19.7 Å². The van der Waals surface area contributed by atoms with Gasteiger partial charge in [-0.2, -0.15) is 0 Å². The molecule has 5 heteroatoms. The van der Waals surface area contributed by atoms with E-state index in [0.29, 0.717) is 31.8 Å². The normalized spacial score (nSPS) is 19.6. The molecule has 1 rings (SSSR count). The highest BCUT2D eigenvalue weighted by Gasteiger charge is 2.53. The number of unbranched alkanes of at least 4 members (excludes halogenated alkanes) is 1. The van der Waals surface area contributed by atoms with E-state index in [1.54, 1.807) is 0 Å². The highest BCUT2D eigenvalue weighted by Crippen LogP contribution is 2.46. The van der Waals surface area contributed by atoms with Crippen LogP contribution in [-0.2, 0) is 9.47 Å². The quantitative estimate of drug-likeness (QED) is 0.381. The number of aliphatic imine (C=N–C) groups is 1. The van der Waals surface area contributed by atoms with Crippen molar-refractivity contribution >= 4 is 5.96 Å². The second kappa shape index (κ2) is 9.48. The zero-order valence-corrected chi connectivity index (χ0v) is 16.1. The molecular weight excluding hydrogens is 290 g/mol. The van der Waals surface area contributed by atoms with Gasteiger partial charge in [-0.25, -0.2) is 0 Å². The Morgan fingerprint density at radius 1 is 1.04 bits per heavy atom. The smallest absolute Gasteiger partial charge is 0.194 e. The number of hydrogen-bond donors (Lipinski definition) is 1. The average Bonchev–Trinajstić information content (AvgIpc) is 2.50. The molecule has 1 heterocycles. The molecular formula is C18H37N3O2. The summed E-state index contributed by atoms with van der Waals surface area (Å²) in [6.45, 7) is 18.9. The molecule has 1 aliphatic rings. The van der Waals surface area contributed by atoms with Gasteiger partial charge in [0.15, 0.2) is 5.96 Å². The third kappa shape index (κ3) is 5.64. The van der Waals surface area contributed by atoms with Crippen LogP contribution in [0.15, 0.2) is 4.99 Å². The average molecular weight is 328 g/mol. The monoisotopic (exact) mass is 327 g/mol. The Bertz CT molecular complexity index is 367. The zero-order chi connectivity index (χ0) is 17.3. The van der Waals surface area contributed by atoms with Crippen molar-refractivity contribution in [1.82, 2.24) is 10.2 Å². The van der Waals surface area contributed by atoms with E-state index >= 15 is 0 Å². The van der Waals surface area contributed by atoms with E-state index in [4.69, 9.17) is 14.5 Å². The summed E-state index contributed by atoms with van der Waals surface area (Å²) in [5.41, 5.74) is 0.442. The number of ether oxygens (including phenoxy) is 2. The molecule has 0 aromatic carbocycles. The molecule has 1 N–H and O–H groups in total. The summed E-state index contributed by atoms with van der Waals surface area (Å²) in [6, 6.07) is 0. The lowest BCUT2D eigenvalue weighted by molar-refractivity contribution is -0.0668. The van der Waals surface area contributed by atoms with Gasteiger partial charge in [0.25, 0.3) is 0 Å². The lowest BCUT2D eigenvalue weighted by atomic mass is 9.65. The topological polar surface area (TPSA) is 46.1 Å². The van der Waals surface area contributed by atoms with Gasteiger partial charge in [0.1, 0.15) is 0 Å². The number of nitrogens with zero attached hydrogens (tertiary/aromatic N) is 2. The van der Waals surface area contributed by atoms with E-state index in [9.17, 15) is 0 Å². The lowest BCUT2D eigenvalue weighted by Crippen LogP contribution is -2.72. The Balaban J connectivity index is 2.29. The number of likely N-dealkylation sites (tertiary alicyclic amines) is 1. The molecule has 136 valence electrons. The summed E-state index contributed by atoms with van der Waals surface area (Å²) in [4.78, 5) is 7.07. The van der Waals surface area contributed by atoms with Gasteiger partial charge in [0.2, 0.25) is 0 Å². The minimum atomic E-state index is 0.127. The summed E-state index contributed by atoms with van der Waals surface area (Å²) in [6.07, 6.45) is 2.30. The number of hydrogen-bond acceptors (Lipinski definition) is 3. The van der Waals surface area contributed by atoms with Gasteiger partial charge in [-0.3, -0.25) is 4.99 Å². The second-order valence-electron chi connectivity index (χ2n) is 7.34. The van der Waals surface area contributed by atoms with Gasteiger partial charge in [0, 0.05) is 30.7 Å². The van der Waals surface area contributed by atoms with Crippen molar-refractivity contribution in [2.24, 2.45) is 10.4 Å². The molecule has 1 saturated heterocycles. The molecule has 23 heavy (non-hydrogen) atoms. The van der Waals surface area contributed by atoms with Crippen LogP contribution in [0.25, 0.3) is 0 Å². The summed E-state index contributed by atoms with van der Waals surface area (Å²) in [5.74, 6) is 1.000. The van der Waals surface area contributed by atoms with Crippen LogP contribution in [0.4, 0.5) is 0 Å². The maximum Gasteiger partial charge on any atom is 0.194 e. The minimum Gasteiger partial charge on any atom is -0.379 e. The first-order valence-electron chi connectivity index (χ1n) is 9.08. The van der Waals surface area contributed by atoms with Crippen molar-refractivity contribution in [2.75, 3.05) is 46.1 Å². The van der Waals surface area contributed by atoms with Crippen molar-refractivity contribution in [3.05, 3.63) is 0 Å². The third-order valence-corrected chi connectivity index (χ3v) is 4.99. The molecule has 0 saturated carbocycles. The highest BCUT2D eigenvalue weighted by atomic mass is 16.5. The maximum absolute atomic E-state index is 5.59. The summed E-state index contributed by atoms with van der Waals surface area (Å²) in [5, 5.41) is 3.40. The van der Waals surface area contributed by atoms with Gasteiger partial charge in [0.05, 0.1) is 26.4 Å². The van der Waals surface area contributed by atoms with Crippen LogP contribution in [-0.4, -0.2) is 62.5 Å². The van der Waals surface area contributed by atoms with E-state index in [2.05, 4.69) is 51.8 Å². The molecule has 0 aromatic rings. The molecule has 1 aliphatic heterocycles. The van der Waals surface area contributed by atoms with Crippen molar-refractivity contribution in [1.29, 1.82) is 0 Å². The predicted octanol–water partition coefficient (Wildman–Crippen LogP) is 2.91.